The van der Waals surface area contributed by atoms with Gasteiger partial charge in [0.25, 0.3) is 11.5 Å². The number of carbonyl (C=O) groups is 1. The number of carbonyl (C=O) groups excluding carboxylic acids is 1. The van der Waals surface area contributed by atoms with E-state index in [-0.39, 0.29) is 18.0 Å². The fourth-order valence-electron chi connectivity index (χ4n) is 3.44. The third kappa shape index (κ3) is 3.96. The number of nitrogens with one attached hydrogen (secondary N) is 1. The summed E-state index contributed by atoms with van der Waals surface area (Å²) in [5, 5.41) is 0.939. The molecule has 1 N–H and O–H groups in total. The van der Waals surface area contributed by atoms with Gasteiger partial charge >= 0.3 is 0 Å². The average Bonchev–Trinajstić information content (AvgIpc) is 2.78. The minimum Gasteiger partial charge on any atom is -0.497 e. The zero-order valence-electron chi connectivity index (χ0n) is 16.9. The van der Waals surface area contributed by atoms with Gasteiger partial charge in [0.05, 0.1) is 13.7 Å². The topological polar surface area (TPSA) is 62.4 Å². The molecule has 1 heterocycles. The lowest BCUT2D eigenvalue weighted by atomic mass is 10.1. The molecule has 4 aromatic rings. The maximum absolute atomic E-state index is 13.4. The number of aryl methyl sites for hydroxylation is 1. The molecule has 0 aliphatic heterocycles. The van der Waals surface area contributed by atoms with Gasteiger partial charge in [-0.2, -0.15) is 0 Å². The molecular weight excluding hydrogens is 376 g/mol. The number of fused-ring (bicyclic) bond motifs is 1. The Morgan fingerprint density at radius 2 is 1.70 bits per heavy atom. The van der Waals surface area contributed by atoms with E-state index in [1.807, 2.05) is 61.5 Å². The Labute approximate surface area is 174 Å². The Morgan fingerprint density at radius 3 is 2.40 bits per heavy atom. The number of rotatable bonds is 5. The summed E-state index contributed by atoms with van der Waals surface area (Å²) in [5.41, 5.74) is 3.46. The number of pyridine rings is 1. The number of methoxy groups -OCH3 is 1. The van der Waals surface area contributed by atoms with E-state index in [0.717, 1.165) is 22.2 Å². The maximum Gasteiger partial charge on any atom is 0.258 e. The van der Waals surface area contributed by atoms with Gasteiger partial charge in [-0.25, -0.2) is 0 Å². The predicted octanol–water partition coefficient (Wildman–Crippen LogP) is 4.69. The average molecular weight is 398 g/mol. The molecule has 0 fully saturated rings. The molecule has 0 aliphatic carbocycles. The smallest absolute Gasteiger partial charge is 0.258 e. The fraction of sp³-hybridized carbons (Fsp3) is 0.120. The minimum absolute atomic E-state index is 0.161. The van der Waals surface area contributed by atoms with Crippen molar-refractivity contribution in [3.8, 4) is 5.75 Å². The van der Waals surface area contributed by atoms with Gasteiger partial charge in [-0.05, 0) is 66.9 Å². The third-order valence-electron chi connectivity index (χ3n) is 5.06. The van der Waals surface area contributed by atoms with E-state index in [1.165, 1.54) is 0 Å². The van der Waals surface area contributed by atoms with Crippen molar-refractivity contribution in [2.75, 3.05) is 12.0 Å². The highest BCUT2D eigenvalue weighted by Crippen LogP contribution is 2.22. The van der Waals surface area contributed by atoms with E-state index in [1.54, 1.807) is 36.3 Å². The molecule has 1 aromatic heterocycles. The Balaban J connectivity index is 1.75. The summed E-state index contributed by atoms with van der Waals surface area (Å²) in [4.78, 5) is 30.6. The first-order chi connectivity index (χ1) is 14.5. The highest BCUT2D eigenvalue weighted by Gasteiger charge is 2.20. The van der Waals surface area contributed by atoms with Crippen molar-refractivity contribution in [3.63, 3.8) is 0 Å². The molecule has 0 atom stereocenters. The van der Waals surface area contributed by atoms with Crippen molar-refractivity contribution in [1.82, 2.24) is 4.98 Å². The van der Waals surface area contributed by atoms with Gasteiger partial charge in [0.15, 0.2) is 0 Å². The van der Waals surface area contributed by atoms with Crippen LogP contribution in [0.15, 0.2) is 83.7 Å². The van der Waals surface area contributed by atoms with Gasteiger partial charge in [-0.1, -0.05) is 29.8 Å². The van der Waals surface area contributed by atoms with Crippen LogP contribution >= 0.6 is 0 Å². The molecule has 0 saturated carbocycles. The Morgan fingerprint density at radius 1 is 0.967 bits per heavy atom. The summed E-state index contributed by atoms with van der Waals surface area (Å²) < 4.78 is 5.19. The third-order valence-corrected chi connectivity index (χ3v) is 5.06. The van der Waals surface area contributed by atoms with E-state index in [0.29, 0.717) is 16.9 Å². The maximum atomic E-state index is 13.4. The number of hydrogen-bond acceptors (Lipinski definition) is 3. The molecule has 5 heteroatoms. The second-order valence-electron chi connectivity index (χ2n) is 7.17. The molecule has 0 bridgehead atoms. The number of amides is 1. The van der Waals surface area contributed by atoms with Gasteiger partial charge < -0.3 is 14.6 Å². The van der Waals surface area contributed by atoms with Crippen molar-refractivity contribution >= 4 is 22.5 Å². The standard InChI is InChI=1S/C25H22N2O3/c1-17-8-13-23-19(14-17)15-20(24(28)26-23)16-27(21-6-4-3-5-7-21)25(29)18-9-11-22(30-2)12-10-18/h3-15H,16H2,1-2H3,(H,26,28). The molecule has 30 heavy (non-hydrogen) atoms. The quantitative estimate of drug-likeness (QED) is 0.530. The molecule has 0 aliphatic rings. The van der Waals surface area contributed by atoms with E-state index in [4.69, 9.17) is 4.74 Å². The normalized spacial score (nSPS) is 10.7. The minimum atomic E-state index is -0.199. The lowest BCUT2D eigenvalue weighted by molar-refractivity contribution is 0.0985. The van der Waals surface area contributed by atoms with Gasteiger partial charge in [0, 0.05) is 22.3 Å². The van der Waals surface area contributed by atoms with Crippen molar-refractivity contribution < 1.29 is 9.53 Å². The van der Waals surface area contributed by atoms with Crippen LogP contribution in [0.25, 0.3) is 10.9 Å². The van der Waals surface area contributed by atoms with Crippen LogP contribution in [0, 0.1) is 6.92 Å². The van der Waals surface area contributed by atoms with Crippen LogP contribution in [0.3, 0.4) is 0 Å². The first kappa shape index (κ1) is 19.5. The summed E-state index contributed by atoms with van der Waals surface area (Å²) >= 11 is 0. The molecule has 4 rings (SSSR count). The van der Waals surface area contributed by atoms with Crippen LogP contribution < -0.4 is 15.2 Å². The number of anilines is 1. The van der Waals surface area contributed by atoms with Crippen molar-refractivity contribution in [2.24, 2.45) is 0 Å². The van der Waals surface area contributed by atoms with Gasteiger partial charge in [-0.3, -0.25) is 9.59 Å². The molecule has 5 nitrogen and oxygen atoms in total. The summed E-state index contributed by atoms with van der Waals surface area (Å²) in [6, 6.07) is 24.1. The fourth-order valence-corrected chi connectivity index (χ4v) is 3.44. The number of ether oxygens (including phenoxy) is 1. The molecule has 3 aromatic carbocycles. The van der Waals surface area contributed by atoms with Gasteiger partial charge in [0.2, 0.25) is 0 Å². The molecule has 1 amide bonds. The zero-order valence-corrected chi connectivity index (χ0v) is 16.9. The van der Waals surface area contributed by atoms with E-state index < -0.39 is 0 Å². The molecule has 0 spiro atoms. The first-order valence-electron chi connectivity index (χ1n) is 9.69. The summed E-state index contributed by atoms with van der Waals surface area (Å²) in [6.07, 6.45) is 0. The number of aromatic nitrogens is 1. The highest BCUT2D eigenvalue weighted by molar-refractivity contribution is 6.06. The SMILES string of the molecule is COc1ccc(C(=O)N(Cc2cc3cc(C)ccc3[nH]c2=O)c2ccccc2)cc1. The molecule has 0 unspecified atom stereocenters. The van der Waals surface area contributed by atoms with E-state index in [2.05, 4.69) is 4.98 Å². The second-order valence-corrected chi connectivity index (χ2v) is 7.17. The van der Waals surface area contributed by atoms with Crippen LogP contribution in [0.5, 0.6) is 5.75 Å². The van der Waals surface area contributed by atoms with Gasteiger partial charge in [-0.15, -0.1) is 0 Å². The van der Waals surface area contributed by atoms with Crippen LogP contribution in [0.2, 0.25) is 0 Å². The summed E-state index contributed by atoms with van der Waals surface area (Å²) in [7, 11) is 1.58. The van der Waals surface area contributed by atoms with Crippen LogP contribution in [0.1, 0.15) is 21.5 Å². The van der Waals surface area contributed by atoms with Crippen molar-refractivity contribution in [3.05, 3.63) is 106 Å². The monoisotopic (exact) mass is 398 g/mol. The van der Waals surface area contributed by atoms with Crippen LogP contribution in [-0.2, 0) is 6.54 Å². The molecule has 150 valence electrons. The number of hydrogen-bond donors (Lipinski definition) is 1. The highest BCUT2D eigenvalue weighted by atomic mass is 16.5. The van der Waals surface area contributed by atoms with Crippen molar-refractivity contribution in [2.45, 2.75) is 13.5 Å². The number of nitrogens with zero attached hydrogens (tertiary/aromatic N) is 1. The Hall–Kier alpha value is -3.86. The lowest BCUT2D eigenvalue weighted by Crippen LogP contribution is -2.32. The van der Waals surface area contributed by atoms with E-state index >= 15 is 0 Å². The number of H-pyrrole nitrogens is 1. The van der Waals surface area contributed by atoms with Crippen LogP contribution in [-0.4, -0.2) is 18.0 Å². The predicted molar refractivity (Wildman–Crippen MR) is 119 cm³/mol. The number of para-hydroxylation sites is 1. The zero-order chi connectivity index (χ0) is 21.1. The second kappa shape index (κ2) is 8.25. The molecule has 0 saturated heterocycles. The number of benzene rings is 3. The van der Waals surface area contributed by atoms with E-state index in [9.17, 15) is 9.59 Å². The summed E-state index contributed by atoms with van der Waals surface area (Å²) in [6.45, 7) is 2.17. The Bertz CT molecular complexity index is 1250. The molecular formula is C25H22N2O3. The molecule has 0 radical (unpaired) electrons. The number of aromatic amines is 1. The largest absolute Gasteiger partial charge is 0.497 e. The van der Waals surface area contributed by atoms with Crippen molar-refractivity contribution in [1.29, 1.82) is 0 Å². The summed E-state index contributed by atoms with van der Waals surface area (Å²) in [5.74, 6) is 0.492. The lowest BCUT2D eigenvalue weighted by Gasteiger charge is -2.23. The Kier molecular flexibility index (Phi) is 5.35. The van der Waals surface area contributed by atoms with Gasteiger partial charge in [0.1, 0.15) is 5.75 Å². The van der Waals surface area contributed by atoms with Crippen LogP contribution in [0.4, 0.5) is 5.69 Å². The first-order valence-corrected chi connectivity index (χ1v) is 9.69.